The molecule has 0 aliphatic carbocycles. The van der Waals surface area contributed by atoms with Crippen LogP contribution in [-0.2, 0) is 33.6 Å². The molecule has 0 amide bonds. The van der Waals surface area contributed by atoms with Gasteiger partial charge in [0.15, 0.2) is 5.79 Å². The third kappa shape index (κ3) is 5.63. The summed E-state index contributed by atoms with van der Waals surface area (Å²) in [7, 11) is 0. The number of rotatable bonds is 7. The maximum atomic E-state index is 6.69. The Morgan fingerprint density at radius 2 is 1.28 bits per heavy atom. The molecule has 5 heteroatoms. The van der Waals surface area contributed by atoms with E-state index in [9.17, 15) is 0 Å². The van der Waals surface area contributed by atoms with Crippen LogP contribution >= 0.6 is 0 Å². The Morgan fingerprint density at radius 3 is 1.86 bits per heavy atom. The first-order valence-corrected chi connectivity index (χ1v) is 13.0. The Labute approximate surface area is 214 Å². The maximum Gasteiger partial charge on any atom is 0.288 e. The van der Waals surface area contributed by atoms with Gasteiger partial charge in [-0.25, -0.2) is 4.99 Å². The molecule has 0 aromatic heterocycles. The van der Waals surface area contributed by atoms with E-state index in [2.05, 4.69) is 83.8 Å². The second-order valence-corrected chi connectivity index (χ2v) is 10.0. The topological polar surface area (TPSA) is 43.3 Å². The maximum absolute atomic E-state index is 6.69. The number of aliphatic imine (C=N–C) groups is 1. The molecule has 36 heavy (non-hydrogen) atoms. The zero-order valence-corrected chi connectivity index (χ0v) is 21.4. The molecule has 2 heterocycles. The van der Waals surface area contributed by atoms with Crippen LogP contribution in [0.1, 0.15) is 37.5 Å². The molecule has 1 fully saturated rings. The molecule has 0 unspecified atom stereocenters. The molecular weight excluding hydrogens is 448 g/mol. The van der Waals surface area contributed by atoms with Crippen LogP contribution in [0.4, 0.5) is 0 Å². The molecule has 3 aromatic rings. The molecule has 0 spiro atoms. The van der Waals surface area contributed by atoms with Gasteiger partial charge >= 0.3 is 0 Å². The number of hydrogen-bond acceptors (Lipinski definition) is 5. The standard InChI is InChI=1S/C31H36N2O3/c1-4-34-30-32-26(20-23-14-8-5-9-15-23)28-29(36-31(2,3)35-28)27(21-24-16-10-6-11-17-24)33(30)22-25-18-12-7-13-19-25/h5-19,26-29H,4,20-22H2,1-3H3/t26-,27-,28+,29+/m1/s1. The van der Waals surface area contributed by atoms with Gasteiger partial charge < -0.3 is 19.1 Å². The third-order valence-electron chi connectivity index (χ3n) is 6.89. The van der Waals surface area contributed by atoms with Gasteiger partial charge in [-0.2, -0.15) is 0 Å². The minimum Gasteiger partial charge on any atom is -0.465 e. The van der Waals surface area contributed by atoms with E-state index in [4.69, 9.17) is 19.2 Å². The van der Waals surface area contributed by atoms with Crippen molar-refractivity contribution in [1.29, 1.82) is 0 Å². The predicted molar refractivity (Wildman–Crippen MR) is 143 cm³/mol. The number of ether oxygens (including phenoxy) is 3. The van der Waals surface area contributed by atoms with Gasteiger partial charge in [-0.15, -0.1) is 0 Å². The van der Waals surface area contributed by atoms with Gasteiger partial charge in [-0.1, -0.05) is 91.0 Å². The fourth-order valence-electron chi connectivity index (χ4n) is 5.33. The van der Waals surface area contributed by atoms with Gasteiger partial charge in [-0.3, -0.25) is 0 Å². The summed E-state index contributed by atoms with van der Waals surface area (Å²) in [5.74, 6) is -0.684. The first-order valence-electron chi connectivity index (χ1n) is 13.0. The Morgan fingerprint density at radius 1 is 0.750 bits per heavy atom. The number of fused-ring (bicyclic) bond motifs is 1. The number of nitrogens with zero attached hydrogens (tertiary/aromatic N) is 2. The summed E-state index contributed by atoms with van der Waals surface area (Å²) in [5, 5.41) is 0. The second kappa shape index (κ2) is 10.9. The average Bonchev–Trinajstić information content (AvgIpc) is 3.18. The van der Waals surface area contributed by atoms with Crippen molar-refractivity contribution in [3.05, 3.63) is 108 Å². The van der Waals surface area contributed by atoms with Gasteiger partial charge in [0.2, 0.25) is 0 Å². The summed E-state index contributed by atoms with van der Waals surface area (Å²) in [6.07, 6.45) is 1.21. The molecule has 0 N–H and O–H groups in total. The van der Waals surface area contributed by atoms with Gasteiger partial charge in [0.25, 0.3) is 6.02 Å². The van der Waals surface area contributed by atoms with Crippen molar-refractivity contribution in [3.8, 4) is 0 Å². The van der Waals surface area contributed by atoms with Crippen LogP contribution in [0.15, 0.2) is 96.0 Å². The predicted octanol–water partition coefficient (Wildman–Crippen LogP) is 5.64. The summed E-state index contributed by atoms with van der Waals surface area (Å²) in [6.45, 7) is 7.26. The first-order chi connectivity index (χ1) is 17.5. The van der Waals surface area contributed by atoms with Gasteiger partial charge in [0.1, 0.15) is 12.2 Å². The number of hydrogen-bond donors (Lipinski definition) is 0. The minimum atomic E-state index is -0.684. The summed E-state index contributed by atoms with van der Waals surface area (Å²) < 4.78 is 19.6. The zero-order valence-electron chi connectivity index (χ0n) is 21.4. The van der Waals surface area contributed by atoms with Crippen LogP contribution in [0, 0.1) is 0 Å². The van der Waals surface area contributed by atoms with Gasteiger partial charge in [-0.05, 0) is 50.3 Å². The quantitative estimate of drug-likeness (QED) is 0.436. The van der Waals surface area contributed by atoms with E-state index >= 15 is 0 Å². The zero-order chi connectivity index (χ0) is 25.0. The van der Waals surface area contributed by atoms with Crippen molar-refractivity contribution < 1.29 is 14.2 Å². The highest BCUT2D eigenvalue weighted by Gasteiger charge is 2.52. The Balaban J connectivity index is 1.59. The molecule has 2 aliphatic rings. The average molecular weight is 485 g/mol. The lowest BCUT2D eigenvalue weighted by Crippen LogP contribution is -2.51. The number of amidine groups is 1. The molecule has 0 bridgehead atoms. The highest BCUT2D eigenvalue weighted by Crippen LogP contribution is 2.38. The molecular formula is C31H36N2O3. The molecule has 3 aromatic carbocycles. The van der Waals surface area contributed by atoms with Crippen molar-refractivity contribution in [2.75, 3.05) is 6.61 Å². The van der Waals surface area contributed by atoms with Crippen LogP contribution in [-0.4, -0.2) is 47.6 Å². The molecule has 188 valence electrons. The molecule has 0 radical (unpaired) electrons. The van der Waals surface area contributed by atoms with E-state index in [1.807, 2.05) is 32.9 Å². The van der Waals surface area contributed by atoms with Crippen LogP contribution in [0.5, 0.6) is 0 Å². The van der Waals surface area contributed by atoms with E-state index in [1.54, 1.807) is 0 Å². The largest absolute Gasteiger partial charge is 0.465 e. The van der Waals surface area contributed by atoms with E-state index in [1.165, 1.54) is 16.7 Å². The van der Waals surface area contributed by atoms with Crippen molar-refractivity contribution in [1.82, 2.24) is 4.90 Å². The molecule has 5 rings (SSSR count). The fraction of sp³-hybridized carbons (Fsp3) is 0.387. The summed E-state index contributed by atoms with van der Waals surface area (Å²) in [6, 6.07) is 32.2. The van der Waals surface area contributed by atoms with E-state index < -0.39 is 5.79 Å². The summed E-state index contributed by atoms with van der Waals surface area (Å²) in [4.78, 5) is 7.56. The van der Waals surface area contributed by atoms with Gasteiger partial charge in [0, 0.05) is 6.54 Å². The second-order valence-electron chi connectivity index (χ2n) is 10.0. The van der Waals surface area contributed by atoms with E-state index in [0.717, 1.165) is 12.8 Å². The van der Waals surface area contributed by atoms with Crippen molar-refractivity contribution >= 4 is 6.02 Å². The Bertz CT molecular complexity index is 1130. The molecule has 0 saturated carbocycles. The number of benzene rings is 3. The molecule has 4 atom stereocenters. The normalized spacial score (nSPS) is 25.1. The van der Waals surface area contributed by atoms with Crippen LogP contribution in [0.2, 0.25) is 0 Å². The van der Waals surface area contributed by atoms with Crippen LogP contribution in [0.25, 0.3) is 0 Å². The van der Waals surface area contributed by atoms with Crippen molar-refractivity contribution in [3.63, 3.8) is 0 Å². The highest BCUT2D eigenvalue weighted by molar-refractivity contribution is 5.75. The first kappa shape index (κ1) is 24.5. The third-order valence-corrected chi connectivity index (χ3v) is 6.89. The van der Waals surface area contributed by atoms with Gasteiger partial charge in [0.05, 0.1) is 18.7 Å². The Kier molecular flexibility index (Phi) is 7.40. The van der Waals surface area contributed by atoms with Crippen molar-refractivity contribution in [2.24, 2.45) is 4.99 Å². The minimum absolute atomic E-state index is 0.00884. The Hall–Kier alpha value is -3.15. The summed E-state index contributed by atoms with van der Waals surface area (Å²) in [5.41, 5.74) is 3.69. The lowest BCUT2D eigenvalue weighted by molar-refractivity contribution is -0.153. The molecule has 5 nitrogen and oxygen atoms in total. The molecule has 2 aliphatic heterocycles. The fourth-order valence-corrected chi connectivity index (χ4v) is 5.33. The van der Waals surface area contributed by atoms with E-state index in [-0.39, 0.29) is 24.3 Å². The monoisotopic (exact) mass is 484 g/mol. The van der Waals surface area contributed by atoms with Crippen LogP contribution < -0.4 is 0 Å². The van der Waals surface area contributed by atoms with Crippen LogP contribution in [0.3, 0.4) is 0 Å². The lowest BCUT2D eigenvalue weighted by Gasteiger charge is -2.36. The molecule has 1 saturated heterocycles. The summed E-state index contributed by atoms with van der Waals surface area (Å²) >= 11 is 0. The highest BCUT2D eigenvalue weighted by atomic mass is 16.8. The lowest BCUT2D eigenvalue weighted by atomic mass is 9.91. The van der Waals surface area contributed by atoms with E-state index in [0.29, 0.717) is 19.2 Å². The SMILES string of the molecule is CCOC1=N[C@H](Cc2ccccc2)[C@@H]2OC(C)(C)O[C@H]2[C@@H](Cc2ccccc2)N1Cc1ccccc1. The van der Waals surface area contributed by atoms with Crippen molar-refractivity contribution in [2.45, 2.75) is 70.2 Å². The smallest absolute Gasteiger partial charge is 0.288 e.